The Labute approximate surface area is 149 Å². The van der Waals surface area contributed by atoms with E-state index in [1.165, 1.54) is 5.56 Å². The molecule has 0 heterocycles. The van der Waals surface area contributed by atoms with Crippen molar-refractivity contribution in [2.45, 2.75) is 77.3 Å². The van der Waals surface area contributed by atoms with Crippen molar-refractivity contribution < 1.29 is 14.3 Å². The monoisotopic (exact) mass is 352 g/mol. The van der Waals surface area contributed by atoms with Gasteiger partial charge in [-0.3, -0.25) is 0 Å². The van der Waals surface area contributed by atoms with Gasteiger partial charge in [0, 0.05) is 19.3 Å². The van der Waals surface area contributed by atoms with Gasteiger partial charge in [0.25, 0.3) is 0 Å². The molecule has 0 radical (unpaired) electrons. The summed E-state index contributed by atoms with van der Waals surface area (Å²) in [7, 11) is -1.77. The van der Waals surface area contributed by atoms with E-state index in [1.807, 2.05) is 18.2 Å². The molecule has 0 bridgehead atoms. The first-order chi connectivity index (χ1) is 11.3. The summed E-state index contributed by atoms with van der Waals surface area (Å²) in [6.07, 6.45) is 4.01. The van der Waals surface area contributed by atoms with E-state index in [1.54, 1.807) is 0 Å². The van der Waals surface area contributed by atoms with Gasteiger partial charge in [-0.25, -0.2) is 0 Å². The molecule has 0 unspecified atom stereocenters. The minimum Gasteiger partial charge on any atom is -0.414 e. The zero-order valence-corrected chi connectivity index (χ0v) is 17.2. The summed E-state index contributed by atoms with van der Waals surface area (Å²) in [5.74, 6) is 0. The van der Waals surface area contributed by atoms with Crippen molar-refractivity contribution in [2.75, 3.05) is 13.2 Å². The smallest absolute Gasteiger partial charge is 0.192 e. The number of aliphatic hydroxyl groups is 1. The molecule has 1 rings (SSSR count). The second-order valence-corrected chi connectivity index (χ2v) is 12.8. The first-order valence-corrected chi connectivity index (χ1v) is 12.1. The van der Waals surface area contributed by atoms with Crippen LogP contribution >= 0.6 is 0 Å². The van der Waals surface area contributed by atoms with Gasteiger partial charge in [0.15, 0.2) is 8.32 Å². The molecule has 0 saturated heterocycles. The fourth-order valence-corrected chi connectivity index (χ4v) is 3.74. The van der Waals surface area contributed by atoms with Crippen LogP contribution in [0.2, 0.25) is 18.1 Å². The van der Waals surface area contributed by atoms with Gasteiger partial charge in [-0.2, -0.15) is 0 Å². The molecule has 4 heteroatoms. The summed E-state index contributed by atoms with van der Waals surface area (Å²) in [6.45, 7) is 13.1. The maximum Gasteiger partial charge on any atom is 0.192 e. The van der Waals surface area contributed by atoms with Gasteiger partial charge in [-0.05, 0) is 49.4 Å². The fourth-order valence-electron chi connectivity index (χ4n) is 2.32. The van der Waals surface area contributed by atoms with Crippen molar-refractivity contribution in [3.05, 3.63) is 35.9 Å². The van der Waals surface area contributed by atoms with E-state index < -0.39 is 8.32 Å². The Hall–Kier alpha value is -0.683. The van der Waals surface area contributed by atoms with Crippen molar-refractivity contribution in [2.24, 2.45) is 0 Å². The summed E-state index contributed by atoms with van der Waals surface area (Å²) >= 11 is 0. The van der Waals surface area contributed by atoms with Gasteiger partial charge in [0.05, 0.1) is 6.61 Å². The van der Waals surface area contributed by atoms with Gasteiger partial charge in [-0.15, -0.1) is 0 Å². The van der Waals surface area contributed by atoms with Crippen molar-refractivity contribution in [1.29, 1.82) is 0 Å². The lowest BCUT2D eigenvalue weighted by Gasteiger charge is -2.39. The number of hydrogen-bond donors (Lipinski definition) is 1. The molecule has 0 aliphatic carbocycles. The fraction of sp³-hybridized carbons (Fsp3) is 0.700. The van der Waals surface area contributed by atoms with Crippen molar-refractivity contribution >= 4 is 8.32 Å². The van der Waals surface area contributed by atoms with Crippen LogP contribution in [0.5, 0.6) is 0 Å². The molecule has 138 valence electrons. The second kappa shape index (κ2) is 10.3. The molecular formula is C20H36O3Si. The number of ether oxygens (including phenoxy) is 1. The van der Waals surface area contributed by atoms with E-state index >= 15 is 0 Å². The predicted octanol–water partition coefficient (Wildman–Crippen LogP) is 5.15. The number of rotatable bonds is 11. The lowest BCUT2D eigenvalue weighted by atomic mass is 10.1. The molecule has 0 fully saturated rings. The lowest BCUT2D eigenvalue weighted by molar-refractivity contribution is 0.0726. The van der Waals surface area contributed by atoms with Crippen LogP contribution in [0, 0.1) is 0 Å². The summed E-state index contributed by atoms with van der Waals surface area (Å²) in [6, 6.07) is 10.3. The molecule has 24 heavy (non-hydrogen) atoms. The Morgan fingerprint density at radius 2 is 1.71 bits per heavy atom. The number of unbranched alkanes of at least 4 members (excludes halogenated alkanes) is 1. The van der Waals surface area contributed by atoms with Crippen LogP contribution in [0.4, 0.5) is 0 Å². The Morgan fingerprint density at radius 1 is 1.04 bits per heavy atom. The van der Waals surface area contributed by atoms with Gasteiger partial charge < -0.3 is 14.3 Å². The summed E-state index contributed by atoms with van der Waals surface area (Å²) < 4.78 is 12.4. The molecule has 0 saturated carbocycles. The molecule has 0 aromatic heterocycles. The molecule has 0 amide bonds. The number of benzene rings is 1. The van der Waals surface area contributed by atoms with Crippen molar-refractivity contribution in [1.82, 2.24) is 0 Å². The minimum absolute atomic E-state index is 0.215. The normalized spacial score (nSPS) is 13.9. The molecule has 3 nitrogen and oxygen atoms in total. The quantitative estimate of drug-likeness (QED) is 0.442. The van der Waals surface area contributed by atoms with E-state index in [2.05, 4.69) is 46.0 Å². The van der Waals surface area contributed by atoms with Crippen LogP contribution in [0.15, 0.2) is 30.3 Å². The number of hydrogen-bond acceptors (Lipinski definition) is 3. The van der Waals surface area contributed by atoms with Gasteiger partial charge in [0.1, 0.15) is 0 Å². The maximum absolute atomic E-state index is 9.02. The van der Waals surface area contributed by atoms with Crippen LogP contribution in [0.25, 0.3) is 0 Å². The molecule has 1 aromatic rings. The van der Waals surface area contributed by atoms with Gasteiger partial charge in [-0.1, -0.05) is 51.1 Å². The highest BCUT2D eigenvalue weighted by atomic mass is 28.4. The van der Waals surface area contributed by atoms with Crippen LogP contribution in [-0.4, -0.2) is 32.7 Å². The van der Waals surface area contributed by atoms with Crippen LogP contribution in [-0.2, 0) is 15.8 Å². The summed E-state index contributed by atoms with van der Waals surface area (Å²) in [5, 5.41) is 9.24. The molecule has 0 spiro atoms. The van der Waals surface area contributed by atoms with E-state index in [0.717, 1.165) is 25.7 Å². The highest BCUT2D eigenvalue weighted by Gasteiger charge is 2.38. The SMILES string of the molecule is CC(C)(C)[Si](C)(C)O[C@@H](CCCCO)CCOCc1ccccc1. The van der Waals surface area contributed by atoms with E-state index in [9.17, 15) is 0 Å². The van der Waals surface area contributed by atoms with E-state index in [-0.39, 0.29) is 17.7 Å². The zero-order valence-electron chi connectivity index (χ0n) is 16.2. The Morgan fingerprint density at radius 3 is 2.29 bits per heavy atom. The van der Waals surface area contributed by atoms with Crippen LogP contribution in [0.1, 0.15) is 52.0 Å². The first-order valence-electron chi connectivity index (χ1n) is 9.16. The highest BCUT2D eigenvalue weighted by Crippen LogP contribution is 2.38. The van der Waals surface area contributed by atoms with Gasteiger partial charge >= 0.3 is 0 Å². The Balaban J connectivity index is 2.46. The standard InChI is InChI=1S/C20H36O3Si/c1-20(2,3)24(4,5)23-19(13-9-10-15-21)14-16-22-17-18-11-7-6-8-12-18/h6-8,11-12,19,21H,9-10,13-17H2,1-5H3/t19-/m0/s1. The average Bonchev–Trinajstić information content (AvgIpc) is 2.51. The summed E-state index contributed by atoms with van der Waals surface area (Å²) in [4.78, 5) is 0. The molecule has 1 aromatic carbocycles. The molecule has 1 atom stereocenters. The molecular weight excluding hydrogens is 316 g/mol. The molecule has 0 aliphatic heterocycles. The van der Waals surface area contributed by atoms with Crippen molar-refractivity contribution in [3.8, 4) is 0 Å². The lowest BCUT2D eigenvalue weighted by Crippen LogP contribution is -2.44. The van der Waals surface area contributed by atoms with Crippen molar-refractivity contribution in [3.63, 3.8) is 0 Å². The largest absolute Gasteiger partial charge is 0.414 e. The highest BCUT2D eigenvalue weighted by molar-refractivity contribution is 6.74. The third-order valence-electron chi connectivity index (χ3n) is 4.90. The Kier molecular flexibility index (Phi) is 9.20. The minimum atomic E-state index is -1.77. The third-order valence-corrected chi connectivity index (χ3v) is 9.43. The molecule has 0 aliphatic rings. The first kappa shape index (κ1) is 21.4. The second-order valence-electron chi connectivity index (χ2n) is 8.05. The summed E-state index contributed by atoms with van der Waals surface area (Å²) in [5.41, 5.74) is 1.21. The van der Waals surface area contributed by atoms with Crippen LogP contribution < -0.4 is 0 Å². The zero-order chi connectivity index (χ0) is 18.1. The number of aliphatic hydroxyl groups excluding tert-OH is 1. The topological polar surface area (TPSA) is 38.7 Å². The van der Waals surface area contributed by atoms with Crippen LogP contribution in [0.3, 0.4) is 0 Å². The maximum atomic E-state index is 9.02. The van der Waals surface area contributed by atoms with Gasteiger partial charge in [0.2, 0.25) is 0 Å². The van der Waals surface area contributed by atoms with E-state index in [4.69, 9.17) is 14.3 Å². The van der Waals surface area contributed by atoms with E-state index in [0.29, 0.717) is 13.2 Å². The predicted molar refractivity (Wildman–Crippen MR) is 104 cm³/mol. The Bertz CT molecular complexity index is 440. The third kappa shape index (κ3) is 7.93. The molecule has 1 N–H and O–H groups in total. The average molecular weight is 353 g/mol.